The molecule has 0 amide bonds. The highest BCUT2D eigenvalue weighted by atomic mass is 31.2. The lowest BCUT2D eigenvalue weighted by molar-refractivity contribution is 0.435. The molecule has 0 saturated carbocycles. The number of hydrogen-bond donors (Lipinski definition) is 0. The van der Waals surface area contributed by atoms with Gasteiger partial charge < -0.3 is 13.7 Å². The van der Waals surface area contributed by atoms with Gasteiger partial charge in [0.2, 0.25) is 0 Å². The van der Waals surface area contributed by atoms with E-state index in [0.717, 1.165) is 93.6 Å². The molecule has 0 saturated heterocycles. The number of pyridine rings is 1. The summed E-state index contributed by atoms with van der Waals surface area (Å²) >= 11 is 0. The van der Waals surface area contributed by atoms with Gasteiger partial charge in [-0.25, -0.2) is 0 Å². The Kier molecular flexibility index (Phi) is 5.83. The van der Waals surface area contributed by atoms with E-state index in [-0.39, 0.29) is 0 Å². The Morgan fingerprint density at radius 3 is 2.14 bits per heavy atom. The van der Waals surface area contributed by atoms with Gasteiger partial charge in [0.1, 0.15) is 22.7 Å². The number of ether oxygens (including phenoxy) is 1. The van der Waals surface area contributed by atoms with Crippen LogP contribution in [0.5, 0.6) is 11.5 Å². The molecule has 7 aromatic carbocycles. The third-order valence-corrected chi connectivity index (χ3v) is 14.0. The highest BCUT2D eigenvalue weighted by Crippen LogP contribution is 2.62. The summed E-state index contributed by atoms with van der Waals surface area (Å²) in [5, 5.41) is 5.51. The molecule has 2 atom stereocenters. The molecule has 0 bridgehead atoms. The highest BCUT2D eigenvalue weighted by Gasteiger charge is 2.55. The first-order valence-corrected chi connectivity index (χ1v) is 18.8. The quantitative estimate of drug-likeness (QED) is 0.171. The monoisotopic (exact) mass is 673 g/mol. The average molecular weight is 674 g/mol. The molecule has 0 N–H and O–H groups in total. The van der Waals surface area contributed by atoms with Crippen LogP contribution in [-0.4, -0.2) is 4.98 Å². The topological polar surface area (TPSA) is 52.3 Å². The fraction of sp³-hybridized carbons (Fsp3) is 0.0217. The molecular formula is C46H28NO3P. The Hall–Kier alpha value is -6.22. The summed E-state index contributed by atoms with van der Waals surface area (Å²) in [4.78, 5) is 4.62. The normalized spacial score (nSPS) is 18.6. The minimum Gasteiger partial charge on any atom is -0.457 e. The van der Waals surface area contributed by atoms with Crippen molar-refractivity contribution in [1.29, 1.82) is 0 Å². The Labute approximate surface area is 294 Å². The summed E-state index contributed by atoms with van der Waals surface area (Å²) in [5.41, 5.74) is 7.75. The first-order chi connectivity index (χ1) is 25.2. The molecule has 11 rings (SSSR count). The van der Waals surface area contributed by atoms with Crippen LogP contribution in [0.25, 0.3) is 44.0 Å². The zero-order valence-electron chi connectivity index (χ0n) is 27.3. The third-order valence-electron chi connectivity index (χ3n) is 10.9. The number of furan rings is 1. The number of hydrogen-bond acceptors (Lipinski definition) is 4. The van der Waals surface area contributed by atoms with E-state index >= 15 is 4.57 Å². The van der Waals surface area contributed by atoms with E-state index in [2.05, 4.69) is 89.9 Å². The van der Waals surface area contributed by atoms with Crippen LogP contribution in [0.2, 0.25) is 0 Å². The molecule has 4 nitrogen and oxygen atoms in total. The molecule has 5 heteroatoms. The Balaban J connectivity index is 1.30. The number of nitrogens with zero attached hydrogens (tertiary/aromatic N) is 1. The SMILES string of the molecule is O=P1(c2ccccc2)c2ccccc2C2(c3ccccc3Oc3cc(-c4ccnc5ccccc45)ccc32)c2cc3c(cc21)oc1ccccc13. The molecule has 2 unspecified atom stereocenters. The van der Waals surface area contributed by atoms with Crippen molar-refractivity contribution in [2.24, 2.45) is 0 Å². The first-order valence-electron chi connectivity index (χ1n) is 17.1. The van der Waals surface area contributed by atoms with Crippen LogP contribution in [0, 0.1) is 0 Å². The van der Waals surface area contributed by atoms with Gasteiger partial charge in [0, 0.05) is 49.4 Å². The van der Waals surface area contributed by atoms with Crippen LogP contribution in [-0.2, 0) is 9.98 Å². The summed E-state index contributed by atoms with van der Waals surface area (Å²) in [5.74, 6) is 1.54. The summed E-state index contributed by atoms with van der Waals surface area (Å²) in [6.45, 7) is 0. The molecule has 9 aromatic rings. The second-order valence-electron chi connectivity index (χ2n) is 13.4. The average Bonchev–Trinajstić information content (AvgIpc) is 3.56. The van der Waals surface area contributed by atoms with E-state index in [1.54, 1.807) is 0 Å². The molecule has 0 fully saturated rings. The zero-order chi connectivity index (χ0) is 33.7. The van der Waals surface area contributed by atoms with Gasteiger partial charge in [0.05, 0.1) is 10.9 Å². The second kappa shape index (κ2) is 10.4. The van der Waals surface area contributed by atoms with Crippen LogP contribution in [0.1, 0.15) is 22.3 Å². The standard InChI is InChI=1S/C46H28NO3P/c48-51(30-12-2-1-3-13-30)44-21-11-7-17-37(44)46(38-27-34-33-15-5-9-19-40(33)49-42(34)28-45(38)51)35-16-6-10-20-41(35)50-43-26-29(22-23-36(43)46)31-24-25-47-39-18-8-4-14-32(31)39/h1-28H. The molecule has 4 heterocycles. The minimum atomic E-state index is -3.40. The smallest absolute Gasteiger partial charge is 0.171 e. The summed E-state index contributed by atoms with van der Waals surface area (Å²) < 4.78 is 29.7. The maximum Gasteiger partial charge on any atom is 0.171 e. The molecule has 0 radical (unpaired) electrons. The lowest BCUT2D eigenvalue weighted by Gasteiger charge is -2.47. The van der Waals surface area contributed by atoms with Gasteiger partial charge in [-0.3, -0.25) is 4.98 Å². The van der Waals surface area contributed by atoms with Gasteiger partial charge in [0.15, 0.2) is 7.14 Å². The molecule has 2 aliphatic heterocycles. The van der Waals surface area contributed by atoms with Crippen LogP contribution in [0.3, 0.4) is 0 Å². The number of para-hydroxylation sites is 3. The molecule has 2 aliphatic rings. The number of benzene rings is 7. The van der Waals surface area contributed by atoms with Crippen molar-refractivity contribution in [2.45, 2.75) is 5.41 Å². The lowest BCUT2D eigenvalue weighted by Crippen LogP contribution is -2.47. The van der Waals surface area contributed by atoms with Crippen molar-refractivity contribution in [3.8, 4) is 22.6 Å². The summed E-state index contributed by atoms with van der Waals surface area (Å²) in [6, 6.07) is 55.9. The van der Waals surface area contributed by atoms with Gasteiger partial charge in [-0.1, -0.05) is 121 Å². The van der Waals surface area contributed by atoms with E-state index in [4.69, 9.17) is 9.15 Å². The van der Waals surface area contributed by atoms with E-state index in [9.17, 15) is 0 Å². The van der Waals surface area contributed by atoms with Gasteiger partial charge in [-0.2, -0.15) is 0 Å². The molecule has 1 spiro atoms. The summed E-state index contributed by atoms with van der Waals surface area (Å²) in [6.07, 6.45) is 1.87. The van der Waals surface area contributed by atoms with Gasteiger partial charge in [-0.05, 0) is 64.7 Å². The minimum absolute atomic E-state index is 0.723. The fourth-order valence-electron chi connectivity index (χ4n) is 8.72. The highest BCUT2D eigenvalue weighted by molar-refractivity contribution is 7.85. The van der Waals surface area contributed by atoms with Crippen LogP contribution in [0.15, 0.2) is 174 Å². The molecule has 240 valence electrons. The molecular weight excluding hydrogens is 645 g/mol. The van der Waals surface area contributed by atoms with Gasteiger partial charge in [0.25, 0.3) is 0 Å². The van der Waals surface area contributed by atoms with E-state index in [1.807, 2.05) is 85.1 Å². The fourth-order valence-corrected chi connectivity index (χ4v) is 11.9. The maximum absolute atomic E-state index is 16.3. The first kappa shape index (κ1) is 28.6. The van der Waals surface area contributed by atoms with Crippen molar-refractivity contribution in [1.82, 2.24) is 4.98 Å². The van der Waals surface area contributed by atoms with Gasteiger partial charge in [-0.15, -0.1) is 0 Å². The van der Waals surface area contributed by atoms with Crippen molar-refractivity contribution >= 4 is 55.9 Å². The lowest BCUT2D eigenvalue weighted by atomic mass is 9.63. The van der Waals surface area contributed by atoms with Crippen LogP contribution >= 0.6 is 7.14 Å². The Morgan fingerprint density at radius 2 is 1.24 bits per heavy atom. The third kappa shape index (κ3) is 3.75. The number of fused-ring (bicyclic) bond motifs is 12. The predicted molar refractivity (Wildman–Crippen MR) is 206 cm³/mol. The largest absolute Gasteiger partial charge is 0.457 e. The molecule has 0 aliphatic carbocycles. The van der Waals surface area contributed by atoms with Crippen molar-refractivity contribution in [2.75, 3.05) is 0 Å². The van der Waals surface area contributed by atoms with Crippen molar-refractivity contribution < 1.29 is 13.7 Å². The van der Waals surface area contributed by atoms with Crippen LogP contribution in [0.4, 0.5) is 0 Å². The van der Waals surface area contributed by atoms with Crippen molar-refractivity contribution in [3.05, 3.63) is 192 Å². The predicted octanol–water partition coefficient (Wildman–Crippen LogP) is 10.2. The zero-order valence-corrected chi connectivity index (χ0v) is 28.2. The van der Waals surface area contributed by atoms with E-state index in [0.29, 0.717) is 0 Å². The Bertz CT molecular complexity index is 2940. The summed E-state index contributed by atoms with van der Waals surface area (Å²) in [7, 11) is -3.40. The van der Waals surface area contributed by atoms with E-state index < -0.39 is 12.6 Å². The van der Waals surface area contributed by atoms with Crippen LogP contribution < -0.4 is 20.7 Å². The Morgan fingerprint density at radius 1 is 0.510 bits per heavy atom. The number of aromatic nitrogens is 1. The van der Waals surface area contributed by atoms with Crippen molar-refractivity contribution in [3.63, 3.8) is 0 Å². The maximum atomic E-state index is 16.3. The molecule has 51 heavy (non-hydrogen) atoms. The van der Waals surface area contributed by atoms with Gasteiger partial charge >= 0.3 is 0 Å². The van der Waals surface area contributed by atoms with E-state index in [1.165, 1.54) is 0 Å². The number of rotatable bonds is 2. The molecule has 2 aromatic heterocycles. The second-order valence-corrected chi connectivity index (χ2v) is 16.1.